The van der Waals surface area contributed by atoms with Gasteiger partial charge in [0.25, 0.3) is 5.19 Å². The highest BCUT2D eigenvalue weighted by molar-refractivity contribution is 7.89. The number of thiazole rings is 1. The molecule has 0 spiro atoms. The number of piperidine rings is 1. The summed E-state index contributed by atoms with van der Waals surface area (Å²) >= 11 is 1.22. The van der Waals surface area contributed by atoms with Crippen molar-refractivity contribution in [2.24, 2.45) is 0 Å². The summed E-state index contributed by atoms with van der Waals surface area (Å²) in [4.78, 5) is 4.19. The zero-order valence-corrected chi connectivity index (χ0v) is 17.4. The van der Waals surface area contributed by atoms with E-state index in [-0.39, 0.29) is 29.9 Å². The Balaban J connectivity index is 1.38. The van der Waals surface area contributed by atoms with Crippen LogP contribution in [0.3, 0.4) is 0 Å². The van der Waals surface area contributed by atoms with Gasteiger partial charge in [-0.25, -0.2) is 17.8 Å². The van der Waals surface area contributed by atoms with Gasteiger partial charge in [0.2, 0.25) is 10.0 Å². The van der Waals surface area contributed by atoms with Gasteiger partial charge in [0.15, 0.2) is 0 Å². The summed E-state index contributed by atoms with van der Waals surface area (Å²) in [6, 6.07) is 8.35. The maximum atomic E-state index is 13.3. The average molecular weight is 476 g/mol. The molecule has 1 aromatic heterocycles. The minimum atomic E-state index is -4.85. The second kappa shape index (κ2) is 8.24. The SMILES string of the molecule is O=S(=O)(c1ccc(OC(F)(F)F)cc1)N1CCC(Oc2nc3ccc(F)cc3s2)CC1. The van der Waals surface area contributed by atoms with Crippen molar-refractivity contribution < 1.29 is 35.5 Å². The van der Waals surface area contributed by atoms with E-state index in [1.165, 1.54) is 27.8 Å². The van der Waals surface area contributed by atoms with E-state index in [0.717, 1.165) is 24.3 Å². The van der Waals surface area contributed by atoms with Crippen molar-refractivity contribution in [3.05, 3.63) is 48.3 Å². The van der Waals surface area contributed by atoms with Crippen LogP contribution in [0.5, 0.6) is 10.9 Å². The van der Waals surface area contributed by atoms with Crippen molar-refractivity contribution in [3.8, 4) is 10.9 Å². The Morgan fingerprint density at radius 2 is 1.74 bits per heavy atom. The van der Waals surface area contributed by atoms with E-state index in [9.17, 15) is 26.0 Å². The fourth-order valence-corrected chi connectivity index (χ4v) is 5.60. The van der Waals surface area contributed by atoms with E-state index in [2.05, 4.69) is 9.72 Å². The molecule has 0 radical (unpaired) electrons. The van der Waals surface area contributed by atoms with Crippen molar-refractivity contribution in [1.82, 2.24) is 9.29 Å². The molecule has 1 aliphatic rings. The molecule has 1 fully saturated rings. The molecule has 0 aliphatic carbocycles. The van der Waals surface area contributed by atoms with E-state index in [1.807, 2.05) is 0 Å². The number of hydrogen-bond acceptors (Lipinski definition) is 6. The molecular weight excluding hydrogens is 460 g/mol. The molecule has 6 nitrogen and oxygen atoms in total. The minimum Gasteiger partial charge on any atom is -0.467 e. The molecule has 0 N–H and O–H groups in total. The zero-order valence-electron chi connectivity index (χ0n) is 15.8. The molecule has 3 aromatic rings. The largest absolute Gasteiger partial charge is 0.573 e. The van der Waals surface area contributed by atoms with E-state index >= 15 is 0 Å². The van der Waals surface area contributed by atoms with Crippen molar-refractivity contribution in [1.29, 1.82) is 0 Å². The average Bonchev–Trinajstić information content (AvgIpc) is 3.09. The van der Waals surface area contributed by atoms with Crippen LogP contribution in [0.15, 0.2) is 47.4 Å². The number of ether oxygens (including phenoxy) is 2. The molecule has 1 saturated heterocycles. The number of aromatic nitrogens is 1. The van der Waals surface area contributed by atoms with E-state index in [0.29, 0.717) is 28.3 Å². The van der Waals surface area contributed by atoms with Gasteiger partial charge >= 0.3 is 6.36 Å². The van der Waals surface area contributed by atoms with Crippen LogP contribution in [0.25, 0.3) is 10.2 Å². The summed E-state index contributed by atoms with van der Waals surface area (Å²) in [5, 5.41) is 0.391. The quantitative estimate of drug-likeness (QED) is 0.505. The second-order valence-corrected chi connectivity index (χ2v) is 9.76. The van der Waals surface area contributed by atoms with Crippen molar-refractivity contribution in [2.45, 2.75) is 30.2 Å². The molecule has 12 heteroatoms. The van der Waals surface area contributed by atoms with Gasteiger partial charge in [-0.2, -0.15) is 4.31 Å². The summed E-state index contributed by atoms with van der Waals surface area (Å²) in [5.41, 5.74) is 0.624. The van der Waals surface area contributed by atoms with Crippen LogP contribution in [0, 0.1) is 5.82 Å². The molecule has 0 atom stereocenters. The summed E-state index contributed by atoms with van der Waals surface area (Å²) < 4.78 is 87.2. The van der Waals surface area contributed by atoms with Crippen LogP contribution in [-0.4, -0.2) is 43.3 Å². The Kier molecular flexibility index (Phi) is 5.79. The first kappa shape index (κ1) is 21.8. The molecule has 0 saturated carbocycles. The molecule has 0 unspecified atom stereocenters. The fraction of sp³-hybridized carbons (Fsp3) is 0.316. The van der Waals surface area contributed by atoms with Crippen molar-refractivity contribution >= 4 is 31.6 Å². The molecule has 2 aromatic carbocycles. The third-order valence-electron chi connectivity index (χ3n) is 4.69. The maximum absolute atomic E-state index is 13.3. The van der Waals surface area contributed by atoms with Crippen LogP contribution in [0.1, 0.15) is 12.8 Å². The van der Waals surface area contributed by atoms with E-state index in [4.69, 9.17) is 4.74 Å². The van der Waals surface area contributed by atoms with Gasteiger partial charge < -0.3 is 9.47 Å². The zero-order chi connectivity index (χ0) is 22.2. The molecule has 31 heavy (non-hydrogen) atoms. The van der Waals surface area contributed by atoms with Gasteiger partial charge in [0.05, 0.1) is 15.1 Å². The number of fused-ring (bicyclic) bond motifs is 1. The predicted molar refractivity (Wildman–Crippen MR) is 105 cm³/mol. The monoisotopic (exact) mass is 476 g/mol. The highest BCUT2D eigenvalue weighted by atomic mass is 32.2. The van der Waals surface area contributed by atoms with E-state index < -0.39 is 22.1 Å². The predicted octanol–water partition coefficient (Wildman–Crippen LogP) is 4.57. The maximum Gasteiger partial charge on any atom is 0.573 e. The Labute approximate surface area is 179 Å². The fourth-order valence-electron chi connectivity index (χ4n) is 3.22. The Hall–Kier alpha value is -2.44. The molecule has 4 rings (SSSR count). The van der Waals surface area contributed by atoms with Crippen LogP contribution < -0.4 is 9.47 Å². The first-order valence-electron chi connectivity index (χ1n) is 9.19. The van der Waals surface area contributed by atoms with Crippen molar-refractivity contribution in [3.63, 3.8) is 0 Å². The number of rotatable bonds is 5. The first-order chi connectivity index (χ1) is 14.6. The third kappa shape index (κ3) is 5.08. The molecule has 2 heterocycles. The van der Waals surface area contributed by atoms with Gasteiger partial charge in [-0.05, 0) is 55.3 Å². The third-order valence-corrected chi connectivity index (χ3v) is 7.52. The molecular formula is C19H16F4N2O4S2. The van der Waals surface area contributed by atoms with Crippen molar-refractivity contribution in [2.75, 3.05) is 13.1 Å². The number of alkyl halides is 3. The van der Waals surface area contributed by atoms with Gasteiger partial charge in [-0.15, -0.1) is 13.2 Å². The van der Waals surface area contributed by atoms with E-state index in [1.54, 1.807) is 6.07 Å². The number of benzene rings is 2. The van der Waals surface area contributed by atoms with Gasteiger partial charge in [0, 0.05) is 13.1 Å². The molecule has 166 valence electrons. The number of nitrogens with zero attached hydrogens (tertiary/aromatic N) is 2. The lowest BCUT2D eigenvalue weighted by Crippen LogP contribution is -2.41. The van der Waals surface area contributed by atoms with Crippen LogP contribution >= 0.6 is 11.3 Å². The highest BCUT2D eigenvalue weighted by Crippen LogP contribution is 2.31. The summed E-state index contributed by atoms with van der Waals surface area (Å²) in [7, 11) is -3.86. The second-order valence-electron chi connectivity index (χ2n) is 6.83. The van der Waals surface area contributed by atoms with Crippen LogP contribution in [0.2, 0.25) is 0 Å². The Bertz CT molecular complexity index is 1170. The van der Waals surface area contributed by atoms with Crippen LogP contribution in [0.4, 0.5) is 17.6 Å². The summed E-state index contributed by atoms with van der Waals surface area (Å²) in [5.74, 6) is -0.853. The van der Waals surface area contributed by atoms with Crippen LogP contribution in [-0.2, 0) is 10.0 Å². The Morgan fingerprint density at radius 3 is 2.39 bits per heavy atom. The smallest absolute Gasteiger partial charge is 0.467 e. The number of hydrogen-bond donors (Lipinski definition) is 0. The minimum absolute atomic E-state index is 0.116. The van der Waals surface area contributed by atoms with Gasteiger partial charge in [-0.1, -0.05) is 11.3 Å². The lowest BCUT2D eigenvalue weighted by Gasteiger charge is -2.30. The molecule has 0 bridgehead atoms. The normalized spacial score (nSPS) is 16.5. The number of sulfonamides is 1. The molecule has 1 aliphatic heterocycles. The van der Waals surface area contributed by atoms with Gasteiger partial charge in [0.1, 0.15) is 17.7 Å². The lowest BCUT2D eigenvalue weighted by molar-refractivity contribution is -0.274. The first-order valence-corrected chi connectivity index (χ1v) is 11.4. The Morgan fingerprint density at radius 1 is 1.06 bits per heavy atom. The summed E-state index contributed by atoms with van der Waals surface area (Å²) in [6.45, 7) is 0.376. The topological polar surface area (TPSA) is 68.7 Å². The number of halogens is 4. The summed E-state index contributed by atoms with van der Waals surface area (Å²) in [6.07, 6.45) is -4.27. The molecule has 0 amide bonds. The lowest BCUT2D eigenvalue weighted by atomic mass is 10.1. The van der Waals surface area contributed by atoms with Gasteiger partial charge in [-0.3, -0.25) is 0 Å². The highest BCUT2D eigenvalue weighted by Gasteiger charge is 2.33. The standard InChI is InChI=1S/C19H16F4N2O4S2/c20-12-1-6-16-17(11-12)30-18(24-16)28-13-7-9-25(10-8-13)31(26,27)15-4-2-14(3-5-15)29-19(21,22)23/h1-6,11,13H,7-10H2.